The first-order valence-electron chi connectivity index (χ1n) is 13.8. The number of amides is 3. The molecule has 0 aliphatic carbocycles. The second-order valence-electron chi connectivity index (χ2n) is 9.83. The standard InChI is InChI=1S/C28H44N6O8/c1-18(2)9-6-4-5-7-11-24(36)32-16-19-12-13-22(23(15-19)41-3)42-28(40)34-21(17-35)25(37)33-20(26(38)39)10-8-14-31-27(29)30/h6,9,12-13,15,18,20-21,35H,4-5,7-8,10-11,14,16-17H2,1-3H3,(H,32,36)(H,33,37)(H,34,40)(H,38,39)(H4,29,30,31)/b9-6+/t20-,21-/m0/s1. The van der Waals surface area contributed by atoms with E-state index in [9.17, 15) is 29.4 Å². The van der Waals surface area contributed by atoms with Crippen LogP contribution in [0.5, 0.6) is 11.5 Å². The predicted octanol–water partition coefficient (Wildman–Crippen LogP) is 1.37. The van der Waals surface area contributed by atoms with Crippen molar-refractivity contribution in [2.45, 2.75) is 71.0 Å². The van der Waals surface area contributed by atoms with Gasteiger partial charge in [-0.05, 0) is 55.7 Å². The number of ether oxygens (including phenoxy) is 2. The Hall–Kier alpha value is -4.33. The third kappa shape index (κ3) is 14.9. The quantitative estimate of drug-likeness (QED) is 0.0498. The maximum atomic E-state index is 12.5. The van der Waals surface area contributed by atoms with Crippen LogP contribution >= 0.6 is 0 Å². The van der Waals surface area contributed by atoms with E-state index in [0.29, 0.717) is 17.9 Å². The topological polar surface area (TPSA) is 225 Å². The van der Waals surface area contributed by atoms with Crippen LogP contribution < -0.4 is 36.5 Å². The molecular formula is C28H44N6O8. The van der Waals surface area contributed by atoms with Gasteiger partial charge in [0.2, 0.25) is 11.8 Å². The van der Waals surface area contributed by atoms with Gasteiger partial charge in [-0.1, -0.05) is 32.1 Å². The van der Waals surface area contributed by atoms with Gasteiger partial charge in [-0.15, -0.1) is 0 Å². The number of rotatable bonds is 19. The summed E-state index contributed by atoms with van der Waals surface area (Å²) in [6, 6.07) is 1.91. The minimum absolute atomic E-state index is 0.0178. The summed E-state index contributed by atoms with van der Waals surface area (Å²) < 4.78 is 10.5. The Morgan fingerprint density at radius 3 is 2.40 bits per heavy atom. The molecule has 14 heteroatoms. The Morgan fingerprint density at radius 2 is 1.79 bits per heavy atom. The number of nitrogens with one attached hydrogen (secondary N) is 5. The van der Waals surface area contributed by atoms with Crippen molar-refractivity contribution in [2.75, 3.05) is 20.3 Å². The number of benzene rings is 1. The Kier molecular flexibility index (Phi) is 16.7. The summed E-state index contributed by atoms with van der Waals surface area (Å²) in [7, 11) is 1.37. The van der Waals surface area contributed by atoms with Gasteiger partial charge in [0, 0.05) is 19.5 Å². The Labute approximate surface area is 245 Å². The summed E-state index contributed by atoms with van der Waals surface area (Å²) in [4.78, 5) is 48.6. The molecule has 0 aliphatic heterocycles. The molecule has 234 valence electrons. The van der Waals surface area contributed by atoms with E-state index in [0.717, 1.165) is 19.3 Å². The summed E-state index contributed by atoms with van der Waals surface area (Å²) in [6.07, 6.45) is 6.55. The molecule has 0 aliphatic rings. The second-order valence-corrected chi connectivity index (χ2v) is 9.83. The molecule has 0 fully saturated rings. The van der Waals surface area contributed by atoms with Crippen molar-refractivity contribution in [1.29, 1.82) is 5.41 Å². The zero-order valence-electron chi connectivity index (χ0n) is 24.4. The van der Waals surface area contributed by atoms with Gasteiger partial charge in [-0.2, -0.15) is 0 Å². The van der Waals surface area contributed by atoms with E-state index in [2.05, 4.69) is 47.3 Å². The molecule has 1 aromatic carbocycles. The van der Waals surface area contributed by atoms with E-state index < -0.39 is 36.7 Å². The van der Waals surface area contributed by atoms with Crippen LogP contribution in [0.25, 0.3) is 0 Å². The highest BCUT2D eigenvalue weighted by Gasteiger charge is 2.27. The maximum Gasteiger partial charge on any atom is 0.413 e. The number of carbonyl (C=O) groups excluding carboxylic acids is 3. The number of carboxylic acid groups (broad SMARTS) is 1. The third-order valence-electron chi connectivity index (χ3n) is 5.86. The molecule has 0 aromatic heterocycles. The van der Waals surface area contributed by atoms with Gasteiger partial charge in [-0.3, -0.25) is 15.0 Å². The average molecular weight is 593 g/mol. The average Bonchev–Trinajstić information content (AvgIpc) is 2.93. The van der Waals surface area contributed by atoms with Crippen molar-refractivity contribution in [2.24, 2.45) is 11.7 Å². The van der Waals surface area contributed by atoms with Crippen LogP contribution in [0.15, 0.2) is 30.4 Å². The van der Waals surface area contributed by atoms with Gasteiger partial charge in [0.25, 0.3) is 0 Å². The minimum atomic E-state index is -1.48. The predicted molar refractivity (Wildman–Crippen MR) is 156 cm³/mol. The highest BCUT2D eigenvalue weighted by molar-refractivity contribution is 5.89. The summed E-state index contributed by atoms with van der Waals surface area (Å²) in [5.74, 6) is -1.83. The molecule has 0 saturated heterocycles. The van der Waals surface area contributed by atoms with E-state index in [4.69, 9.17) is 20.6 Å². The van der Waals surface area contributed by atoms with E-state index in [1.807, 2.05) is 0 Å². The molecule has 2 atom stereocenters. The molecule has 0 heterocycles. The molecule has 3 amide bonds. The van der Waals surface area contributed by atoms with E-state index in [1.54, 1.807) is 12.1 Å². The molecule has 0 bridgehead atoms. The molecule has 0 saturated carbocycles. The first kappa shape index (κ1) is 35.7. The van der Waals surface area contributed by atoms with Gasteiger partial charge < -0.3 is 46.7 Å². The van der Waals surface area contributed by atoms with Gasteiger partial charge >= 0.3 is 12.1 Å². The second kappa shape index (κ2) is 19.7. The monoisotopic (exact) mass is 592 g/mol. The van der Waals surface area contributed by atoms with Crippen molar-refractivity contribution in [1.82, 2.24) is 21.3 Å². The SMILES string of the molecule is COc1cc(CNC(=O)CCCC/C=C/C(C)C)ccc1OC(=O)N[C@@H](CO)C(=O)N[C@@H](CCCNC(=N)N)C(=O)O. The van der Waals surface area contributed by atoms with Crippen LogP contribution in [0, 0.1) is 11.3 Å². The van der Waals surface area contributed by atoms with E-state index >= 15 is 0 Å². The minimum Gasteiger partial charge on any atom is -0.493 e. The van der Waals surface area contributed by atoms with Crippen LogP contribution in [0.4, 0.5) is 4.79 Å². The number of nitrogens with two attached hydrogens (primary N) is 1. The van der Waals surface area contributed by atoms with Crippen LogP contribution in [0.3, 0.4) is 0 Å². The Bertz CT molecular complexity index is 1080. The molecule has 1 aromatic rings. The maximum absolute atomic E-state index is 12.5. The van der Waals surface area contributed by atoms with Crippen LogP contribution in [0.2, 0.25) is 0 Å². The smallest absolute Gasteiger partial charge is 0.413 e. The van der Waals surface area contributed by atoms with Crippen molar-refractivity contribution < 1.29 is 38.9 Å². The first-order chi connectivity index (χ1) is 20.0. The van der Waals surface area contributed by atoms with Crippen molar-refractivity contribution in [3.05, 3.63) is 35.9 Å². The van der Waals surface area contributed by atoms with Crippen molar-refractivity contribution >= 4 is 29.8 Å². The highest BCUT2D eigenvalue weighted by Crippen LogP contribution is 2.28. The van der Waals surface area contributed by atoms with Crippen LogP contribution in [-0.2, 0) is 20.9 Å². The largest absolute Gasteiger partial charge is 0.493 e. The fourth-order valence-electron chi connectivity index (χ4n) is 3.64. The summed E-state index contributed by atoms with van der Waals surface area (Å²) >= 11 is 0. The number of allylic oxidation sites excluding steroid dienone is 2. The van der Waals surface area contributed by atoms with Gasteiger partial charge in [0.15, 0.2) is 17.5 Å². The number of aliphatic hydroxyl groups excluding tert-OH is 1. The Morgan fingerprint density at radius 1 is 1.05 bits per heavy atom. The summed E-state index contributed by atoms with van der Waals surface area (Å²) in [5.41, 5.74) is 5.88. The molecule has 1 rings (SSSR count). The number of unbranched alkanes of at least 4 members (excludes halogenated alkanes) is 2. The molecule has 0 radical (unpaired) electrons. The van der Waals surface area contributed by atoms with Crippen LogP contribution in [0.1, 0.15) is 57.9 Å². The molecular weight excluding hydrogens is 548 g/mol. The van der Waals surface area contributed by atoms with Gasteiger partial charge in [0.1, 0.15) is 12.1 Å². The third-order valence-corrected chi connectivity index (χ3v) is 5.86. The van der Waals surface area contributed by atoms with Gasteiger partial charge in [-0.25, -0.2) is 9.59 Å². The molecule has 0 unspecified atom stereocenters. The number of hydrogen-bond donors (Lipinski definition) is 8. The fraction of sp³-hybridized carbons (Fsp3) is 0.536. The lowest BCUT2D eigenvalue weighted by atomic mass is 10.1. The fourth-order valence-corrected chi connectivity index (χ4v) is 3.64. The first-order valence-corrected chi connectivity index (χ1v) is 13.8. The number of aliphatic hydroxyl groups is 1. The number of guanidine groups is 1. The lowest BCUT2D eigenvalue weighted by molar-refractivity contribution is -0.142. The van der Waals surface area contributed by atoms with E-state index in [-0.39, 0.29) is 49.3 Å². The zero-order chi connectivity index (χ0) is 31.5. The number of methoxy groups -OCH3 is 1. The number of aliphatic carboxylic acids is 1. The Balaban J connectivity index is 2.61. The zero-order valence-corrected chi connectivity index (χ0v) is 24.4. The normalized spacial score (nSPS) is 12.3. The summed E-state index contributed by atoms with van der Waals surface area (Å²) in [6.45, 7) is 3.89. The number of carbonyl (C=O) groups is 4. The lowest BCUT2D eigenvalue weighted by Gasteiger charge is -2.20. The van der Waals surface area contributed by atoms with Crippen molar-refractivity contribution in [3.8, 4) is 11.5 Å². The van der Waals surface area contributed by atoms with Crippen LogP contribution in [-0.4, -0.2) is 72.4 Å². The number of carboxylic acids is 1. The molecule has 0 spiro atoms. The highest BCUT2D eigenvalue weighted by atomic mass is 16.6. The lowest BCUT2D eigenvalue weighted by Crippen LogP contribution is -2.53. The van der Waals surface area contributed by atoms with Crippen molar-refractivity contribution in [3.63, 3.8) is 0 Å². The summed E-state index contributed by atoms with van der Waals surface area (Å²) in [5, 5.41) is 35.9. The van der Waals surface area contributed by atoms with E-state index in [1.165, 1.54) is 13.2 Å². The molecule has 14 nitrogen and oxygen atoms in total. The molecule has 9 N–H and O–H groups in total. The van der Waals surface area contributed by atoms with Gasteiger partial charge in [0.05, 0.1) is 13.7 Å². The number of hydrogen-bond acceptors (Lipinski definition) is 8. The molecule has 42 heavy (non-hydrogen) atoms.